The minimum Gasteiger partial charge on any atom is -0.179 e. The molecule has 0 N–H and O–H groups in total. The van der Waals surface area contributed by atoms with Crippen molar-refractivity contribution in [3.05, 3.63) is 26.8 Å². The zero-order valence-electron chi connectivity index (χ0n) is 29.6. The molecular formula is C38H68S8. The van der Waals surface area contributed by atoms with E-state index in [4.69, 9.17) is 0 Å². The minimum atomic E-state index is 1.05. The van der Waals surface area contributed by atoms with Gasteiger partial charge in [0.25, 0.3) is 0 Å². The molecule has 2 rings (SSSR count). The first-order chi connectivity index (χ1) is 22.7. The van der Waals surface area contributed by atoms with Crippen molar-refractivity contribution in [2.75, 3.05) is 23.0 Å². The predicted octanol–water partition coefficient (Wildman–Crippen LogP) is 16.9. The average Bonchev–Trinajstić information content (AvgIpc) is 3.67. The third-order valence-electron chi connectivity index (χ3n) is 8.51. The van der Waals surface area contributed by atoms with Gasteiger partial charge < -0.3 is 0 Å². The van der Waals surface area contributed by atoms with Gasteiger partial charge in [0.15, 0.2) is 0 Å². The quantitative estimate of drug-likeness (QED) is 0.0512. The lowest BCUT2D eigenvalue weighted by Crippen LogP contribution is -1.85. The first kappa shape index (κ1) is 44.2. The molecule has 0 amide bonds. The molecule has 2 aliphatic heterocycles. The number of unbranched alkanes of at least 4 members (excludes halogenated alkanes) is 20. The molecule has 2 heterocycles. The molecule has 0 saturated carbocycles. The summed E-state index contributed by atoms with van der Waals surface area (Å²) >= 11 is 21.5. The van der Waals surface area contributed by atoms with E-state index in [0.717, 1.165) is 11.5 Å². The zero-order chi connectivity index (χ0) is 32.9. The number of hydrogen-bond acceptors (Lipinski definition) is 8. The van der Waals surface area contributed by atoms with Gasteiger partial charge in [0, 0.05) is 9.81 Å². The van der Waals surface area contributed by atoms with E-state index in [1.165, 1.54) is 178 Å². The molecule has 46 heavy (non-hydrogen) atoms. The Morgan fingerprint density at radius 2 is 0.696 bits per heavy atom. The fraction of sp³-hybridized carbons (Fsp3) is 0.842. The van der Waals surface area contributed by atoms with Crippen molar-refractivity contribution in [3.8, 4) is 0 Å². The molecule has 8 heteroatoms. The smallest absolute Gasteiger partial charge is 0.0708 e. The van der Waals surface area contributed by atoms with Gasteiger partial charge in [-0.1, -0.05) is 176 Å². The highest BCUT2D eigenvalue weighted by molar-refractivity contribution is 8.40. The number of rotatable bonds is 32. The van der Waals surface area contributed by atoms with E-state index >= 15 is 0 Å². The molecule has 0 aliphatic carbocycles. The fourth-order valence-electron chi connectivity index (χ4n) is 5.58. The first-order valence-corrected chi connectivity index (χ1v) is 25.6. The van der Waals surface area contributed by atoms with Crippen molar-refractivity contribution in [2.45, 2.75) is 181 Å². The second-order valence-corrected chi connectivity index (χ2v) is 21.2. The summed E-state index contributed by atoms with van der Waals surface area (Å²) in [6.07, 6.45) is 35.8. The Labute approximate surface area is 323 Å². The lowest BCUT2D eigenvalue weighted by molar-refractivity contribution is 0.564. The Bertz CT molecular complexity index is 782. The van der Waals surface area contributed by atoms with Gasteiger partial charge in [-0.15, -0.1) is 23.5 Å². The van der Waals surface area contributed by atoms with E-state index < -0.39 is 0 Å². The van der Waals surface area contributed by atoms with Crippen molar-refractivity contribution in [2.24, 2.45) is 0 Å². The predicted molar refractivity (Wildman–Crippen MR) is 235 cm³/mol. The van der Waals surface area contributed by atoms with Crippen LogP contribution in [0.3, 0.4) is 0 Å². The molecule has 0 aromatic rings. The Hall–Kier alpha value is 2.02. The standard InChI is InChI=1S/C38H68S8/c1-3-5-27-33-35(41-31-25-21-17-13-9-7-11-15-19-23-29-39)45-37(43-33)38-44-34(28-6-4-2)36(46-38)42-32-26-22-18-14-10-8-12-16-20-24-30-40/h39-40H,3-32H2,1-2H3/b38-37+. The largest absolute Gasteiger partial charge is 0.179 e. The molecule has 2 aliphatic rings. The van der Waals surface area contributed by atoms with E-state index in [2.05, 4.69) is 110 Å². The normalized spacial score (nSPS) is 17.0. The topological polar surface area (TPSA) is 0 Å². The van der Waals surface area contributed by atoms with Crippen LogP contribution in [0.15, 0.2) is 26.8 Å². The maximum absolute atomic E-state index is 4.33. The molecule has 0 atom stereocenters. The summed E-state index contributed by atoms with van der Waals surface area (Å²) in [5.41, 5.74) is 0. The van der Waals surface area contributed by atoms with Gasteiger partial charge in [0.05, 0.1) is 16.9 Å². The molecule has 268 valence electrons. The van der Waals surface area contributed by atoms with Crippen LogP contribution in [-0.4, -0.2) is 23.0 Å². The summed E-state index contributed by atoms with van der Waals surface area (Å²) in [5, 5.41) is 0. The second-order valence-electron chi connectivity index (χ2n) is 12.8. The molecule has 0 bridgehead atoms. The lowest BCUT2D eigenvalue weighted by Gasteiger charge is -2.05. The van der Waals surface area contributed by atoms with E-state index in [9.17, 15) is 0 Å². The van der Waals surface area contributed by atoms with Crippen LogP contribution < -0.4 is 0 Å². The summed E-state index contributed by atoms with van der Waals surface area (Å²) in [6.45, 7) is 4.68. The Morgan fingerprint density at radius 1 is 0.391 bits per heavy atom. The minimum absolute atomic E-state index is 1.05. The van der Waals surface area contributed by atoms with Crippen molar-refractivity contribution in [1.82, 2.24) is 0 Å². The van der Waals surface area contributed by atoms with Crippen LogP contribution in [0.4, 0.5) is 0 Å². The lowest BCUT2D eigenvalue weighted by atomic mass is 10.1. The van der Waals surface area contributed by atoms with Crippen LogP contribution in [0, 0.1) is 0 Å². The molecule has 0 nitrogen and oxygen atoms in total. The van der Waals surface area contributed by atoms with E-state index in [-0.39, 0.29) is 0 Å². The van der Waals surface area contributed by atoms with Gasteiger partial charge in [-0.05, 0) is 74.4 Å². The Morgan fingerprint density at radius 3 is 1.00 bits per heavy atom. The third-order valence-corrected chi connectivity index (χ3v) is 18.1. The van der Waals surface area contributed by atoms with Crippen LogP contribution in [0.5, 0.6) is 0 Å². The third kappa shape index (κ3) is 21.4. The van der Waals surface area contributed by atoms with Crippen molar-refractivity contribution in [1.29, 1.82) is 0 Å². The number of thiol groups is 2. The maximum atomic E-state index is 4.33. The summed E-state index contributed by atoms with van der Waals surface area (Å²) in [6, 6.07) is 0. The highest BCUT2D eigenvalue weighted by atomic mass is 32.2. The Balaban J connectivity index is 1.71. The van der Waals surface area contributed by atoms with Gasteiger partial charge in [0.1, 0.15) is 0 Å². The van der Waals surface area contributed by atoms with E-state index in [1.54, 1.807) is 26.8 Å². The van der Waals surface area contributed by atoms with E-state index in [1.807, 2.05) is 0 Å². The molecule has 0 spiro atoms. The number of allylic oxidation sites excluding steroid dienone is 2. The highest BCUT2D eigenvalue weighted by Gasteiger charge is 2.29. The molecule has 0 radical (unpaired) electrons. The van der Waals surface area contributed by atoms with Crippen LogP contribution in [-0.2, 0) is 0 Å². The summed E-state index contributed by atoms with van der Waals surface area (Å²) < 4.78 is 6.45. The van der Waals surface area contributed by atoms with Crippen molar-refractivity contribution < 1.29 is 0 Å². The SMILES string of the molecule is CCCCC1=C(SCCCCCCCCCCCCS)S/C(=C2\SC(CCCC)=C(SCCCCCCCCCCCCS)S2)S1. The number of hydrogen-bond donors (Lipinski definition) is 2. The van der Waals surface area contributed by atoms with Gasteiger partial charge in [-0.3, -0.25) is 0 Å². The summed E-state index contributed by atoms with van der Waals surface area (Å²) in [4.78, 5) is 3.35. The van der Waals surface area contributed by atoms with Crippen LogP contribution >= 0.6 is 95.8 Å². The van der Waals surface area contributed by atoms with Gasteiger partial charge >= 0.3 is 0 Å². The van der Waals surface area contributed by atoms with Gasteiger partial charge in [0.2, 0.25) is 0 Å². The van der Waals surface area contributed by atoms with Crippen LogP contribution in [0.2, 0.25) is 0 Å². The average molecular weight is 781 g/mol. The molecule has 0 saturated heterocycles. The second kappa shape index (κ2) is 31.7. The number of thioether (sulfide) groups is 6. The molecule has 0 fully saturated rings. The molecule has 0 unspecified atom stereocenters. The van der Waals surface area contributed by atoms with Crippen molar-refractivity contribution in [3.63, 3.8) is 0 Å². The molecular weight excluding hydrogens is 713 g/mol. The zero-order valence-corrected chi connectivity index (χ0v) is 36.2. The maximum Gasteiger partial charge on any atom is 0.0708 e. The Kier molecular flexibility index (Phi) is 30.5. The summed E-state index contributed by atoms with van der Waals surface area (Å²) in [5.74, 6) is 4.70. The fourth-order valence-corrected chi connectivity index (χ4v) is 15.2. The molecule has 0 aromatic carbocycles. The van der Waals surface area contributed by atoms with Crippen LogP contribution in [0.25, 0.3) is 0 Å². The summed E-state index contributed by atoms with van der Waals surface area (Å²) in [7, 11) is 0. The molecule has 0 aromatic heterocycles. The van der Waals surface area contributed by atoms with Gasteiger partial charge in [-0.25, -0.2) is 0 Å². The van der Waals surface area contributed by atoms with E-state index in [0.29, 0.717) is 0 Å². The first-order valence-electron chi connectivity index (χ1n) is 19.1. The highest BCUT2D eigenvalue weighted by Crippen LogP contribution is 2.64. The van der Waals surface area contributed by atoms with Crippen molar-refractivity contribution >= 4 is 95.8 Å². The van der Waals surface area contributed by atoms with Gasteiger partial charge in [-0.2, -0.15) is 25.3 Å². The monoisotopic (exact) mass is 780 g/mol. The van der Waals surface area contributed by atoms with Crippen LogP contribution in [0.1, 0.15) is 181 Å².